The molecule has 1 saturated heterocycles. The highest BCUT2D eigenvalue weighted by molar-refractivity contribution is 6.14. The van der Waals surface area contributed by atoms with Crippen LogP contribution in [-0.4, -0.2) is 50.7 Å². The van der Waals surface area contributed by atoms with Gasteiger partial charge in [0.05, 0.1) is 6.61 Å². The van der Waals surface area contributed by atoms with E-state index in [-0.39, 0.29) is 13.2 Å². The maximum absolute atomic E-state index is 12.0. The van der Waals surface area contributed by atoms with Crippen LogP contribution in [0.5, 0.6) is 0 Å². The molecule has 0 saturated carbocycles. The van der Waals surface area contributed by atoms with Crippen LogP contribution in [0.25, 0.3) is 0 Å². The highest BCUT2D eigenvalue weighted by atomic mass is 19.4. The van der Waals surface area contributed by atoms with E-state index in [0.717, 1.165) is 0 Å². The molecular weight excluding hydrogens is 340 g/mol. The van der Waals surface area contributed by atoms with E-state index in [9.17, 15) is 35.9 Å². The largest absolute Gasteiger partial charge is 0.478 e. The number of halogens is 6. The Kier molecular flexibility index (Phi) is 6.10. The van der Waals surface area contributed by atoms with E-state index < -0.39 is 49.0 Å². The number of ether oxygens (including phenoxy) is 3. The van der Waals surface area contributed by atoms with E-state index in [2.05, 4.69) is 14.8 Å². The SMILES string of the molecule is O=C(OCC(F)(F)F)C(C(=O)OCC(F)(F)F)=C1NCCCO1. The lowest BCUT2D eigenvalue weighted by atomic mass is 10.2. The van der Waals surface area contributed by atoms with E-state index in [4.69, 9.17) is 4.74 Å². The molecule has 0 aromatic rings. The summed E-state index contributed by atoms with van der Waals surface area (Å²) in [5.74, 6) is -4.20. The standard InChI is InChI=1S/C11H11F6NO5/c12-10(13,14)4-22-8(19)6(7-18-2-1-3-21-7)9(20)23-5-11(15,16)17/h18H,1-5H2. The van der Waals surface area contributed by atoms with Crippen LogP contribution in [0.3, 0.4) is 0 Å². The van der Waals surface area contributed by atoms with Crippen molar-refractivity contribution < 1.29 is 50.1 Å². The summed E-state index contributed by atoms with van der Waals surface area (Å²) in [6.45, 7) is -3.84. The summed E-state index contributed by atoms with van der Waals surface area (Å²) in [7, 11) is 0. The monoisotopic (exact) mass is 351 g/mol. The van der Waals surface area contributed by atoms with Gasteiger partial charge in [-0.25, -0.2) is 9.59 Å². The molecule has 0 aromatic heterocycles. The molecule has 1 heterocycles. The number of rotatable bonds is 4. The first kappa shape index (κ1) is 18.9. The number of nitrogens with one attached hydrogen (secondary N) is 1. The first-order valence-electron chi connectivity index (χ1n) is 6.08. The van der Waals surface area contributed by atoms with Crippen molar-refractivity contribution in [2.45, 2.75) is 18.8 Å². The number of hydrogen-bond donors (Lipinski definition) is 1. The second-order valence-corrected chi connectivity index (χ2v) is 4.22. The van der Waals surface area contributed by atoms with E-state index in [1.807, 2.05) is 0 Å². The highest BCUT2D eigenvalue weighted by Gasteiger charge is 2.36. The van der Waals surface area contributed by atoms with E-state index in [1.54, 1.807) is 0 Å². The van der Waals surface area contributed by atoms with Gasteiger partial charge in [0.25, 0.3) is 0 Å². The molecule has 0 amide bonds. The van der Waals surface area contributed by atoms with Gasteiger partial charge in [-0.2, -0.15) is 26.3 Å². The number of carbonyl (C=O) groups excluding carboxylic acids is 2. The summed E-state index contributed by atoms with van der Waals surface area (Å²) < 4.78 is 84.7. The normalized spacial score (nSPS) is 15.3. The zero-order chi connectivity index (χ0) is 17.7. The molecule has 0 unspecified atom stereocenters. The third-order valence-electron chi connectivity index (χ3n) is 2.22. The molecule has 23 heavy (non-hydrogen) atoms. The smallest absolute Gasteiger partial charge is 0.422 e. The number of hydrogen-bond acceptors (Lipinski definition) is 6. The van der Waals surface area contributed by atoms with Gasteiger partial charge in [-0.05, 0) is 6.42 Å². The minimum atomic E-state index is -4.87. The predicted molar refractivity (Wildman–Crippen MR) is 59.6 cm³/mol. The first-order chi connectivity index (χ1) is 10.5. The molecule has 12 heteroatoms. The summed E-state index contributed by atoms with van der Waals surface area (Å²) in [5, 5.41) is 2.37. The molecule has 132 valence electrons. The minimum Gasteiger partial charge on any atom is -0.478 e. The van der Waals surface area contributed by atoms with Crippen molar-refractivity contribution in [3.8, 4) is 0 Å². The van der Waals surface area contributed by atoms with Gasteiger partial charge in [0.15, 0.2) is 13.2 Å². The van der Waals surface area contributed by atoms with Crippen molar-refractivity contribution >= 4 is 11.9 Å². The number of alkyl halides is 6. The summed E-state index contributed by atoms with van der Waals surface area (Å²) in [6, 6.07) is 0. The third-order valence-corrected chi connectivity index (χ3v) is 2.22. The molecule has 0 atom stereocenters. The van der Waals surface area contributed by atoms with Gasteiger partial charge in [-0.15, -0.1) is 0 Å². The van der Waals surface area contributed by atoms with Gasteiger partial charge in [-0.3, -0.25) is 0 Å². The molecule has 1 fully saturated rings. The van der Waals surface area contributed by atoms with Gasteiger partial charge >= 0.3 is 24.3 Å². The third kappa shape index (κ3) is 7.10. The minimum absolute atomic E-state index is 0.00490. The molecule has 1 rings (SSSR count). The summed E-state index contributed by atoms with van der Waals surface area (Å²) in [4.78, 5) is 23.1. The van der Waals surface area contributed by atoms with Gasteiger partial charge in [0.2, 0.25) is 11.5 Å². The Morgan fingerprint density at radius 3 is 1.83 bits per heavy atom. The van der Waals surface area contributed by atoms with Gasteiger partial charge in [0, 0.05) is 6.54 Å². The van der Waals surface area contributed by atoms with Crippen LogP contribution in [-0.2, 0) is 23.8 Å². The second kappa shape index (κ2) is 7.42. The first-order valence-corrected chi connectivity index (χ1v) is 6.08. The Labute approximate surface area is 125 Å². The maximum atomic E-state index is 12.0. The molecule has 0 radical (unpaired) electrons. The zero-order valence-electron chi connectivity index (χ0n) is 11.3. The quantitative estimate of drug-likeness (QED) is 0.272. The lowest BCUT2D eigenvalue weighted by Crippen LogP contribution is -2.33. The lowest BCUT2D eigenvalue weighted by Gasteiger charge is -2.21. The van der Waals surface area contributed by atoms with Crippen molar-refractivity contribution in [1.29, 1.82) is 0 Å². The van der Waals surface area contributed by atoms with Gasteiger partial charge in [-0.1, -0.05) is 0 Å². The van der Waals surface area contributed by atoms with Crippen molar-refractivity contribution in [2.24, 2.45) is 0 Å². The van der Waals surface area contributed by atoms with Crippen molar-refractivity contribution in [3.05, 3.63) is 11.5 Å². The van der Waals surface area contributed by atoms with Crippen molar-refractivity contribution in [1.82, 2.24) is 5.32 Å². The maximum Gasteiger partial charge on any atom is 0.422 e. The second-order valence-electron chi connectivity index (χ2n) is 4.22. The lowest BCUT2D eigenvalue weighted by molar-refractivity contribution is -0.189. The molecular formula is C11H11F6NO5. The molecule has 0 spiro atoms. The van der Waals surface area contributed by atoms with E-state index in [0.29, 0.717) is 6.42 Å². The van der Waals surface area contributed by atoms with Crippen molar-refractivity contribution in [2.75, 3.05) is 26.4 Å². The van der Waals surface area contributed by atoms with Crippen LogP contribution >= 0.6 is 0 Å². The number of esters is 2. The molecule has 1 aliphatic heterocycles. The Balaban J connectivity index is 2.89. The van der Waals surface area contributed by atoms with E-state index in [1.165, 1.54) is 0 Å². The summed E-state index contributed by atoms with van der Waals surface area (Å²) in [5.41, 5.74) is -1.20. The Morgan fingerprint density at radius 1 is 1.00 bits per heavy atom. The van der Waals surface area contributed by atoms with Crippen LogP contribution < -0.4 is 5.32 Å². The molecule has 6 nitrogen and oxygen atoms in total. The molecule has 0 bridgehead atoms. The molecule has 1 aliphatic rings. The highest BCUT2D eigenvalue weighted by Crippen LogP contribution is 2.19. The van der Waals surface area contributed by atoms with E-state index >= 15 is 0 Å². The molecule has 1 N–H and O–H groups in total. The van der Waals surface area contributed by atoms with Crippen LogP contribution in [0.1, 0.15) is 6.42 Å². The molecule has 0 aromatic carbocycles. The zero-order valence-corrected chi connectivity index (χ0v) is 11.3. The van der Waals surface area contributed by atoms with Crippen LogP contribution in [0, 0.1) is 0 Å². The fourth-order valence-electron chi connectivity index (χ4n) is 1.37. The summed E-state index contributed by atoms with van der Waals surface area (Å²) >= 11 is 0. The average molecular weight is 351 g/mol. The molecule has 0 aliphatic carbocycles. The van der Waals surface area contributed by atoms with Crippen LogP contribution in [0.4, 0.5) is 26.3 Å². The fraction of sp³-hybridized carbons (Fsp3) is 0.636. The van der Waals surface area contributed by atoms with Crippen LogP contribution in [0.2, 0.25) is 0 Å². The van der Waals surface area contributed by atoms with Crippen LogP contribution in [0.15, 0.2) is 11.5 Å². The average Bonchev–Trinajstić information content (AvgIpc) is 2.43. The fourth-order valence-corrected chi connectivity index (χ4v) is 1.37. The van der Waals surface area contributed by atoms with Gasteiger partial charge < -0.3 is 19.5 Å². The van der Waals surface area contributed by atoms with Crippen molar-refractivity contribution in [3.63, 3.8) is 0 Å². The topological polar surface area (TPSA) is 73.9 Å². The Hall–Kier alpha value is -2.14. The Bertz CT molecular complexity index is 444. The predicted octanol–water partition coefficient (Wildman–Crippen LogP) is 1.42. The summed E-state index contributed by atoms with van der Waals surface area (Å²) in [6.07, 6.45) is -9.30. The Morgan fingerprint density at radius 2 is 1.48 bits per heavy atom. The number of carbonyl (C=O) groups is 2. The van der Waals surface area contributed by atoms with Gasteiger partial charge in [0.1, 0.15) is 0 Å².